The Kier molecular flexibility index (Phi) is 3.81. The van der Waals surface area contributed by atoms with Gasteiger partial charge in [0.25, 0.3) is 0 Å². The number of aliphatic carboxylic acids is 1. The standard InChI is InChI=1S/C9H15N3O3/c1-6(13)4-12-5-11-3-7(12)2-8(10)9(14)15/h3,5-6,8,13H,2,4,10H2,1H3,(H,14,15). The largest absolute Gasteiger partial charge is 0.480 e. The molecule has 1 heterocycles. The minimum atomic E-state index is -1.04. The predicted octanol–water partition coefficient (Wildman–Crippen LogP) is -0.782. The number of carboxylic acids is 1. The first-order valence-corrected chi connectivity index (χ1v) is 4.66. The van der Waals surface area contributed by atoms with Crippen LogP contribution in [0.3, 0.4) is 0 Å². The Labute approximate surface area is 87.3 Å². The van der Waals surface area contributed by atoms with Crippen molar-refractivity contribution in [1.29, 1.82) is 0 Å². The van der Waals surface area contributed by atoms with Crippen molar-refractivity contribution in [3.05, 3.63) is 18.2 Å². The zero-order chi connectivity index (χ0) is 11.4. The Hall–Kier alpha value is -1.40. The molecular formula is C9H15N3O3. The summed E-state index contributed by atoms with van der Waals surface area (Å²) in [5.41, 5.74) is 6.12. The van der Waals surface area contributed by atoms with Gasteiger partial charge in [0.2, 0.25) is 0 Å². The van der Waals surface area contributed by atoms with E-state index in [4.69, 9.17) is 10.8 Å². The molecule has 4 N–H and O–H groups in total. The lowest BCUT2D eigenvalue weighted by Crippen LogP contribution is -2.33. The molecule has 2 atom stereocenters. The van der Waals surface area contributed by atoms with Gasteiger partial charge in [0.1, 0.15) is 6.04 Å². The van der Waals surface area contributed by atoms with E-state index in [1.54, 1.807) is 24.0 Å². The van der Waals surface area contributed by atoms with Gasteiger partial charge in [-0.2, -0.15) is 0 Å². The number of aliphatic hydroxyl groups excluding tert-OH is 1. The summed E-state index contributed by atoms with van der Waals surface area (Å²) < 4.78 is 1.70. The zero-order valence-electron chi connectivity index (χ0n) is 8.50. The van der Waals surface area contributed by atoms with E-state index in [1.165, 1.54) is 0 Å². The summed E-state index contributed by atoms with van der Waals surface area (Å²) in [5.74, 6) is -1.04. The van der Waals surface area contributed by atoms with E-state index >= 15 is 0 Å². The van der Waals surface area contributed by atoms with E-state index < -0.39 is 18.1 Å². The second kappa shape index (κ2) is 4.90. The summed E-state index contributed by atoms with van der Waals surface area (Å²) >= 11 is 0. The maximum absolute atomic E-state index is 10.6. The van der Waals surface area contributed by atoms with Crippen LogP contribution in [0.5, 0.6) is 0 Å². The topological polar surface area (TPSA) is 101 Å². The SMILES string of the molecule is CC(O)Cn1cncc1CC(N)C(=O)O. The molecule has 0 amide bonds. The fourth-order valence-corrected chi connectivity index (χ4v) is 1.28. The minimum Gasteiger partial charge on any atom is -0.480 e. The maximum Gasteiger partial charge on any atom is 0.320 e. The number of nitrogens with two attached hydrogens (primary N) is 1. The van der Waals surface area contributed by atoms with E-state index in [-0.39, 0.29) is 6.42 Å². The van der Waals surface area contributed by atoms with Crippen molar-refractivity contribution in [3.63, 3.8) is 0 Å². The van der Waals surface area contributed by atoms with Crippen molar-refractivity contribution in [3.8, 4) is 0 Å². The molecule has 0 saturated carbocycles. The molecule has 15 heavy (non-hydrogen) atoms. The lowest BCUT2D eigenvalue weighted by atomic mass is 10.2. The highest BCUT2D eigenvalue weighted by atomic mass is 16.4. The van der Waals surface area contributed by atoms with Gasteiger partial charge in [-0.15, -0.1) is 0 Å². The molecule has 6 heteroatoms. The molecule has 0 aliphatic rings. The monoisotopic (exact) mass is 213 g/mol. The van der Waals surface area contributed by atoms with Gasteiger partial charge in [-0.25, -0.2) is 4.98 Å². The molecule has 0 spiro atoms. The molecule has 0 radical (unpaired) electrons. The zero-order valence-corrected chi connectivity index (χ0v) is 8.50. The Morgan fingerprint density at radius 3 is 2.93 bits per heavy atom. The lowest BCUT2D eigenvalue weighted by molar-refractivity contribution is -0.138. The van der Waals surface area contributed by atoms with Crippen LogP contribution in [-0.2, 0) is 17.8 Å². The van der Waals surface area contributed by atoms with Gasteiger partial charge in [-0.1, -0.05) is 0 Å². The molecule has 0 fully saturated rings. The third-order valence-corrected chi connectivity index (χ3v) is 2.01. The van der Waals surface area contributed by atoms with Crippen LogP contribution in [0.15, 0.2) is 12.5 Å². The summed E-state index contributed by atoms with van der Waals surface area (Å²) in [7, 11) is 0. The summed E-state index contributed by atoms with van der Waals surface area (Å²) in [5, 5.41) is 17.8. The molecule has 2 unspecified atom stereocenters. The van der Waals surface area contributed by atoms with Gasteiger partial charge >= 0.3 is 5.97 Å². The molecule has 0 bridgehead atoms. The smallest absolute Gasteiger partial charge is 0.320 e. The second-order valence-corrected chi connectivity index (χ2v) is 3.54. The number of imidazole rings is 1. The summed E-state index contributed by atoms with van der Waals surface area (Å²) in [6.07, 6.45) is 2.82. The third kappa shape index (κ3) is 3.34. The quantitative estimate of drug-likeness (QED) is 0.595. The Morgan fingerprint density at radius 2 is 2.40 bits per heavy atom. The number of aliphatic hydroxyl groups is 1. The molecular weight excluding hydrogens is 198 g/mol. The molecule has 1 aromatic rings. The van der Waals surface area contributed by atoms with E-state index in [1.807, 2.05) is 0 Å². The normalized spacial score (nSPS) is 14.9. The molecule has 84 valence electrons. The highest BCUT2D eigenvalue weighted by Gasteiger charge is 2.15. The Morgan fingerprint density at radius 1 is 1.73 bits per heavy atom. The highest BCUT2D eigenvalue weighted by Crippen LogP contribution is 2.04. The van der Waals surface area contributed by atoms with Crippen molar-refractivity contribution < 1.29 is 15.0 Å². The van der Waals surface area contributed by atoms with Gasteiger partial charge in [0, 0.05) is 24.9 Å². The van der Waals surface area contributed by atoms with Crippen LogP contribution in [-0.4, -0.2) is 37.9 Å². The molecule has 1 rings (SSSR count). The highest BCUT2D eigenvalue weighted by molar-refractivity contribution is 5.73. The van der Waals surface area contributed by atoms with Gasteiger partial charge in [0.15, 0.2) is 0 Å². The van der Waals surface area contributed by atoms with Crippen LogP contribution >= 0.6 is 0 Å². The minimum absolute atomic E-state index is 0.210. The third-order valence-electron chi connectivity index (χ3n) is 2.01. The number of hydrogen-bond acceptors (Lipinski definition) is 4. The first kappa shape index (κ1) is 11.7. The van der Waals surface area contributed by atoms with E-state index in [9.17, 15) is 9.90 Å². The van der Waals surface area contributed by atoms with E-state index in [0.29, 0.717) is 12.2 Å². The van der Waals surface area contributed by atoms with Crippen molar-refractivity contribution in [2.24, 2.45) is 5.73 Å². The summed E-state index contributed by atoms with van der Waals surface area (Å²) in [6, 6.07) is -0.936. The van der Waals surface area contributed by atoms with E-state index in [2.05, 4.69) is 4.98 Å². The molecule has 0 aliphatic heterocycles. The van der Waals surface area contributed by atoms with Crippen LogP contribution in [0.2, 0.25) is 0 Å². The number of carbonyl (C=O) groups is 1. The second-order valence-electron chi connectivity index (χ2n) is 3.54. The van der Waals surface area contributed by atoms with E-state index in [0.717, 1.165) is 0 Å². The number of carboxylic acid groups (broad SMARTS) is 1. The van der Waals surface area contributed by atoms with Crippen LogP contribution in [0.4, 0.5) is 0 Å². The van der Waals surface area contributed by atoms with Gasteiger partial charge < -0.3 is 20.5 Å². The van der Waals surface area contributed by atoms with Gasteiger partial charge in [0.05, 0.1) is 12.4 Å². The first-order chi connectivity index (χ1) is 7.00. The predicted molar refractivity (Wildman–Crippen MR) is 53.2 cm³/mol. The fourth-order valence-electron chi connectivity index (χ4n) is 1.28. The summed E-state index contributed by atoms with van der Waals surface area (Å²) in [6.45, 7) is 2.04. The van der Waals surface area contributed by atoms with Crippen LogP contribution in [0, 0.1) is 0 Å². The molecule has 6 nitrogen and oxygen atoms in total. The van der Waals surface area contributed by atoms with Crippen molar-refractivity contribution in [1.82, 2.24) is 9.55 Å². The van der Waals surface area contributed by atoms with Crippen LogP contribution in [0.25, 0.3) is 0 Å². The maximum atomic E-state index is 10.6. The lowest BCUT2D eigenvalue weighted by Gasteiger charge is -2.11. The van der Waals surface area contributed by atoms with Crippen LogP contribution < -0.4 is 5.73 Å². The average Bonchev–Trinajstić information content (AvgIpc) is 2.51. The molecule has 1 aromatic heterocycles. The van der Waals surface area contributed by atoms with Gasteiger partial charge in [-0.05, 0) is 6.92 Å². The van der Waals surface area contributed by atoms with Crippen LogP contribution in [0.1, 0.15) is 12.6 Å². The average molecular weight is 213 g/mol. The Balaban J connectivity index is 2.68. The van der Waals surface area contributed by atoms with Gasteiger partial charge in [-0.3, -0.25) is 4.79 Å². The molecule has 0 aliphatic carbocycles. The van der Waals surface area contributed by atoms with Crippen molar-refractivity contribution >= 4 is 5.97 Å². The summed E-state index contributed by atoms with van der Waals surface area (Å²) in [4.78, 5) is 14.4. The number of rotatable bonds is 5. The number of aromatic nitrogens is 2. The molecule has 0 aromatic carbocycles. The number of hydrogen-bond donors (Lipinski definition) is 3. The van der Waals surface area contributed by atoms with Crippen molar-refractivity contribution in [2.75, 3.05) is 0 Å². The fraction of sp³-hybridized carbons (Fsp3) is 0.556. The molecule has 0 saturated heterocycles. The Bertz CT molecular complexity index is 335. The van der Waals surface area contributed by atoms with Crippen molar-refractivity contribution in [2.45, 2.75) is 32.0 Å². The first-order valence-electron chi connectivity index (χ1n) is 4.66. The number of nitrogens with zero attached hydrogens (tertiary/aromatic N) is 2.